The van der Waals surface area contributed by atoms with E-state index in [1.165, 1.54) is 36.4 Å². The minimum Gasteiger partial charge on any atom is -0.290 e. The Labute approximate surface area is 127 Å². The topological polar surface area (TPSA) is 81.6 Å². The van der Waals surface area contributed by atoms with Crippen LogP contribution in [0.15, 0.2) is 53.4 Å². The van der Waals surface area contributed by atoms with Crippen molar-refractivity contribution in [3.8, 4) is 0 Å². The second-order valence-electron chi connectivity index (χ2n) is 4.66. The molecule has 22 heavy (non-hydrogen) atoms. The number of sulfone groups is 1. The summed E-state index contributed by atoms with van der Waals surface area (Å²) in [5, 5.41) is 9.42. The van der Waals surface area contributed by atoms with Gasteiger partial charge in [-0.25, -0.2) is 15.0 Å². The lowest BCUT2D eigenvalue weighted by Gasteiger charge is -2.08. The van der Waals surface area contributed by atoms with Crippen LogP contribution in [-0.2, 0) is 9.84 Å². The third-order valence-corrected chi connectivity index (χ3v) is 5.04. The zero-order valence-corrected chi connectivity index (χ0v) is 12.4. The van der Waals surface area contributed by atoms with Crippen molar-refractivity contribution >= 4 is 15.5 Å². The van der Waals surface area contributed by atoms with Crippen LogP contribution in [0.2, 0.25) is 0 Å². The summed E-state index contributed by atoms with van der Waals surface area (Å²) >= 11 is 0. The maximum absolute atomic E-state index is 12.6. The van der Waals surface area contributed by atoms with E-state index >= 15 is 0 Å². The van der Waals surface area contributed by atoms with Crippen molar-refractivity contribution < 1.29 is 13.3 Å². The SMILES string of the molecule is [C-]#[N+][C@H](c1ccccc1[N+](=O)[O-])S(=O)(=O)c1ccc(C)cc1. The Morgan fingerprint density at radius 2 is 1.73 bits per heavy atom. The van der Waals surface area contributed by atoms with Crippen LogP contribution in [0.1, 0.15) is 16.5 Å². The van der Waals surface area contributed by atoms with Gasteiger partial charge in [0.05, 0.1) is 9.82 Å². The second kappa shape index (κ2) is 5.95. The van der Waals surface area contributed by atoms with Crippen LogP contribution in [-0.4, -0.2) is 13.3 Å². The van der Waals surface area contributed by atoms with Crippen LogP contribution in [0.4, 0.5) is 5.69 Å². The first-order valence-corrected chi connectivity index (χ1v) is 7.83. The first-order valence-electron chi connectivity index (χ1n) is 6.28. The van der Waals surface area contributed by atoms with Crippen molar-refractivity contribution in [3.05, 3.63) is 81.2 Å². The van der Waals surface area contributed by atoms with E-state index in [1.807, 2.05) is 6.92 Å². The van der Waals surface area contributed by atoms with E-state index in [9.17, 15) is 18.5 Å². The van der Waals surface area contributed by atoms with Crippen LogP contribution in [0.25, 0.3) is 4.85 Å². The maximum Gasteiger partial charge on any atom is 0.356 e. The Balaban J connectivity index is 2.60. The third kappa shape index (κ3) is 2.82. The van der Waals surface area contributed by atoms with E-state index in [0.717, 1.165) is 5.56 Å². The minimum absolute atomic E-state index is 0.0303. The van der Waals surface area contributed by atoms with Crippen LogP contribution in [0, 0.1) is 23.6 Å². The molecule has 0 unspecified atom stereocenters. The molecular weight excluding hydrogens is 304 g/mol. The number of hydrogen-bond donors (Lipinski definition) is 0. The number of nitrogens with zero attached hydrogens (tertiary/aromatic N) is 2. The molecule has 7 heteroatoms. The molecule has 0 saturated heterocycles. The maximum atomic E-state index is 12.6. The van der Waals surface area contributed by atoms with Gasteiger partial charge in [0, 0.05) is 6.07 Å². The molecule has 6 nitrogen and oxygen atoms in total. The molecule has 0 aliphatic carbocycles. The van der Waals surface area contributed by atoms with Gasteiger partial charge in [-0.05, 0) is 25.1 Å². The molecule has 112 valence electrons. The molecule has 0 fully saturated rings. The summed E-state index contributed by atoms with van der Waals surface area (Å²) in [6.45, 7) is 9.02. The lowest BCUT2D eigenvalue weighted by Crippen LogP contribution is -2.12. The predicted molar refractivity (Wildman–Crippen MR) is 80.8 cm³/mol. The molecule has 0 saturated carbocycles. The number of nitro benzene ring substituents is 1. The van der Waals surface area contributed by atoms with E-state index in [1.54, 1.807) is 12.1 Å². The molecule has 0 radical (unpaired) electrons. The van der Waals surface area contributed by atoms with Crippen molar-refractivity contribution in [2.45, 2.75) is 17.2 Å². The monoisotopic (exact) mass is 316 g/mol. The second-order valence-corrected chi connectivity index (χ2v) is 6.66. The molecule has 2 aromatic rings. The molecular formula is C15H12N2O4S. The lowest BCUT2D eigenvalue weighted by molar-refractivity contribution is -0.385. The van der Waals surface area contributed by atoms with Gasteiger partial charge in [0.15, 0.2) is 0 Å². The predicted octanol–water partition coefficient (Wildman–Crippen LogP) is 3.30. The molecule has 0 spiro atoms. The Bertz CT molecular complexity index is 852. The van der Waals surface area contributed by atoms with E-state index in [0.29, 0.717) is 0 Å². The highest BCUT2D eigenvalue weighted by atomic mass is 32.2. The Morgan fingerprint density at radius 1 is 1.14 bits per heavy atom. The van der Waals surface area contributed by atoms with E-state index < -0.39 is 20.1 Å². The van der Waals surface area contributed by atoms with Crippen molar-refractivity contribution in [3.63, 3.8) is 0 Å². The highest BCUT2D eigenvalue weighted by Gasteiger charge is 2.39. The van der Waals surface area contributed by atoms with E-state index in [4.69, 9.17) is 6.57 Å². The van der Waals surface area contributed by atoms with Crippen molar-refractivity contribution in [2.24, 2.45) is 0 Å². The van der Waals surface area contributed by atoms with Crippen LogP contribution < -0.4 is 0 Å². The molecule has 0 bridgehead atoms. The summed E-state index contributed by atoms with van der Waals surface area (Å²) in [6.07, 6.45) is 0. The van der Waals surface area contributed by atoms with E-state index in [2.05, 4.69) is 4.85 Å². The standard InChI is InChI=1S/C15H12N2O4S/c1-11-7-9-12(10-8-11)22(20,21)15(16-2)13-5-3-4-6-14(13)17(18)19/h3-10,15H,1H3/t15-/m0/s1. The summed E-state index contributed by atoms with van der Waals surface area (Å²) in [5.74, 6) is 0. The van der Waals surface area contributed by atoms with Crippen molar-refractivity contribution in [1.29, 1.82) is 0 Å². The van der Waals surface area contributed by atoms with Crippen LogP contribution in [0.3, 0.4) is 0 Å². The summed E-state index contributed by atoms with van der Waals surface area (Å²) in [4.78, 5) is 13.5. The van der Waals surface area contributed by atoms with Crippen molar-refractivity contribution in [2.75, 3.05) is 0 Å². The van der Waals surface area contributed by atoms with Gasteiger partial charge in [0.25, 0.3) is 15.5 Å². The van der Waals surface area contributed by atoms with Gasteiger partial charge < -0.3 is 0 Å². The average Bonchev–Trinajstić information content (AvgIpc) is 2.48. The molecule has 0 aliphatic rings. The number of aryl methyl sites for hydroxylation is 1. The summed E-state index contributed by atoms with van der Waals surface area (Å²) < 4.78 is 25.2. The molecule has 1 atom stereocenters. The summed E-state index contributed by atoms with van der Waals surface area (Å²) in [7, 11) is -4.04. The molecule has 2 aromatic carbocycles. The Morgan fingerprint density at radius 3 is 2.27 bits per heavy atom. The van der Waals surface area contributed by atoms with Gasteiger partial charge in [-0.3, -0.25) is 15.0 Å². The first-order chi connectivity index (χ1) is 10.4. The molecule has 0 amide bonds. The van der Waals surface area contributed by atoms with Gasteiger partial charge >= 0.3 is 5.37 Å². The minimum atomic E-state index is -4.04. The van der Waals surface area contributed by atoms with Gasteiger partial charge in [-0.1, -0.05) is 29.8 Å². The van der Waals surface area contributed by atoms with Crippen LogP contribution >= 0.6 is 0 Å². The van der Waals surface area contributed by atoms with Gasteiger partial charge in [0.1, 0.15) is 5.56 Å². The first kappa shape index (κ1) is 15.7. The summed E-state index contributed by atoms with van der Waals surface area (Å²) in [6, 6.07) is 11.4. The third-order valence-electron chi connectivity index (χ3n) is 3.16. The van der Waals surface area contributed by atoms with E-state index in [-0.39, 0.29) is 16.1 Å². The quantitative estimate of drug-likeness (QED) is 0.492. The fourth-order valence-corrected chi connectivity index (χ4v) is 3.47. The molecule has 2 rings (SSSR count). The highest BCUT2D eigenvalue weighted by Crippen LogP contribution is 2.35. The smallest absolute Gasteiger partial charge is 0.290 e. The zero-order valence-electron chi connectivity index (χ0n) is 11.6. The average molecular weight is 316 g/mol. The number of rotatable bonds is 4. The number of para-hydroxylation sites is 1. The van der Waals surface area contributed by atoms with Gasteiger partial charge in [0.2, 0.25) is 0 Å². The number of nitro groups is 1. The van der Waals surface area contributed by atoms with Crippen molar-refractivity contribution in [1.82, 2.24) is 0 Å². The summed E-state index contributed by atoms with van der Waals surface area (Å²) in [5.41, 5.74) is 0.381. The fourth-order valence-electron chi connectivity index (χ4n) is 2.03. The molecule has 0 aromatic heterocycles. The molecule has 0 heterocycles. The Kier molecular flexibility index (Phi) is 4.24. The fraction of sp³-hybridized carbons (Fsp3) is 0.133. The van der Waals surface area contributed by atoms with Gasteiger partial charge in [-0.15, -0.1) is 0 Å². The largest absolute Gasteiger partial charge is 0.356 e. The number of hydrogen-bond acceptors (Lipinski definition) is 4. The normalized spacial score (nSPS) is 12.4. The molecule has 0 N–H and O–H groups in total. The zero-order chi connectivity index (χ0) is 16.3. The number of benzene rings is 2. The van der Waals surface area contributed by atoms with Crippen LogP contribution in [0.5, 0.6) is 0 Å². The lowest BCUT2D eigenvalue weighted by atomic mass is 10.2. The molecule has 0 aliphatic heterocycles. The van der Waals surface area contributed by atoms with Gasteiger partial charge in [-0.2, -0.15) is 0 Å². The Hall–Kier alpha value is -2.72. The highest BCUT2D eigenvalue weighted by molar-refractivity contribution is 7.91.